The van der Waals surface area contributed by atoms with Gasteiger partial charge in [0, 0.05) is 23.2 Å². The summed E-state index contributed by atoms with van der Waals surface area (Å²) in [5.74, 6) is 0.351. The van der Waals surface area contributed by atoms with Gasteiger partial charge in [0.05, 0.1) is 36.6 Å². The predicted molar refractivity (Wildman–Crippen MR) is 89.3 cm³/mol. The van der Waals surface area contributed by atoms with Gasteiger partial charge in [0.2, 0.25) is 0 Å². The van der Waals surface area contributed by atoms with Crippen LogP contribution in [0.2, 0.25) is 5.02 Å². The first-order chi connectivity index (χ1) is 11.6. The Bertz CT molecular complexity index is 1070. The van der Waals surface area contributed by atoms with Crippen molar-refractivity contribution >= 4 is 33.7 Å². The SMILES string of the molecule is COc1cc2[nH]cc(-c3cc4c(Cl)c(F)cnc4[nH]3)c2nc1OC. The zero-order chi connectivity index (χ0) is 16.8. The van der Waals surface area contributed by atoms with Gasteiger partial charge in [0.15, 0.2) is 11.6 Å². The van der Waals surface area contributed by atoms with Gasteiger partial charge in [-0.25, -0.2) is 14.4 Å². The summed E-state index contributed by atoms with van der Waals surface area (Å²) >= 11 is 6.01. The van der Waals surface area contributed by atoms with Crippen molar-refractivity contribution in [1.29, 1.82) is 0 Å². The van der Waals surface area contributed by atoms with Crippen LogP contribution in [0.25, 0.3) is 33.3 Å². The second-order valence-electron chi connectivity index (χ2n) is 5.16. The molecular formula is C16H12ClFN4O2. The lowest BCUT2D eigenvalue weighted by Crippen LogP contribution is -1.93. The van der Waals surface area contributed by atoms with E-state index in [4.69, 9.17) is 21.1 Å². The standard InChI is InChI=1S/C16H12ClFN4O2/c1-23-12-4-11-14(22-16(12)24-2)8(5-19-11)10-3-7-13(17)9(18)6-20-15(7)21-10/h3-6,19H,1-2H3,(H,20,21). The lowest BCUT2D eigenvalue weighted by molar-refractivity contribution is 0.344. The maximum absolute atomic E-state index is 13.6. The molecule has 2 N–H and O–H groups in total. The number of hydrogen-bond acceptors (Lipinski definition) is 4. The van der Waals surface area contributed by atoms with Crippen molar-refractivity contribution in [3.8, 4) is 22.9 Å². The molecule has 0 spiro atoms. The highest BCUT2D eigenvalue weighted by Gasteiger charge is 2.16. The molecule has 4 heterocycles. The maximum atomic E-state index is 13.6. The van der Waals surface area contributed by atoms with Crippen LogP contribution >= 0.6 is 11.6 Å². The van der Waals surface area contributed by atoms with E-state index in [2.05, 4.69) is 19.9 Å². The summed E-state index contributed by atoms with van der Waals surface area (Å²) in [7, 11) is 3.08. The van der Waals surface area contributed by atoms with Crippen LogP contribution in [0.5, 0.6) is 11.6 Å². The highest BCUT2D eigenvalue weighted by molar-refractivity contribution is 6.35. The third kappa shape index (κ3) is 2.09. The molecule has 0 aliphatic heterocycles. The Labute approximate surface area is 140 Å². The minimum atomic E-state index is -0.557. The largest absolute Gasteiger partial charge is 0.491 e. The number of aromatic nitrogens is 4. The van der Waals surface area contributed by atoms with Crippen molar-refractivity contribution < 1.29 is 13.9 Å². The van der Waals surface area contributed by atoms with Gasteiger partial charge in [-0.15, -0.1) is 0 Å². The molecule has 4 rings (SSSR count). The summed E-state index contributed by atoms with van der Waals surface area (Å²) in [6.07, 6.45) is 2.89. The van der Waals surface area contributed by atoms with Crippen LogP contribution in [0.15, 0.2) is 24.5 Å². The van der Waals surface area contributed by atoms with Crippen LogP contribution in [0.3, 0.4) is 0 Å². The minimum Gasteiger partial charge on any atom is -0.491 e. The molecular weight excluding hydrogens is 335 g/mol. The van der Waals surface area contributed by atoms with E-state index in [9.17, 15) is 4.39 Å². The number of fused-ring (bicyclic) bond motifs is 2. The molecule has 24 heavy (non-hydrogen) atoms. The zero-order valence-electron chi connectivity index (χ0n) is 12.8. The van der Waals surface area contributed by atoms with Gasteiger partial charge in [-0.3, -0.25) is 0 Å². The maximum Gasteiger partial charge on any atom is 0.257 e. The topological polar surface area (TPSA) is 75.8 Å². The quantitative estimate of drug-likeness (QED) is 0.589. The number of pyridine rings is 2. The molecule has 0 fully saturated rings. The highest BCUT2D eigenvalue weighted by Crippen LogP contribution is 2.35. The van der Waals surface area contributed by atoms with Gasteiger partial charge in [0.25, 0.3) is 5.88 Å². The second-order valence-corrected chi connectivity index (χ2v) is 5.54. The first-order valence-electron chi connectivity index (χ1n) is 7.05. The van der Waals surface area contributed by atoms with E-state index in [1.54, 1.807) is 25.4 Å². The molecule has 122 valence electrons. The van der Waals surface area contributed by atoms with E-state index in [1.165, 1.54) is 7.11 Å². The number of methoxy groups -OCH3 is 2. The normalized spacial score (nSPS) is 11.3. The van der Waals surface area contributed by atoms with Crippen LogP contribution < -0.4 is 9.47 Å². The number of halogens is 2. The van der Waals surface area contributed by atoms with E-state index in [0.717, 1.165) is 23.0 Å². The molecule has 0 aromatic carbocycles. The van der Waals surface area contributed by atoms with E-state index >= 15 is 0 Å². The smallest absolute Gasteiger partial charge is 0.257 e. The molecule has 4 aromatic rings. The number of nitrogens with one attached hydrogen (secondary N) is 2. The molecule has 0 saturated heterocycles. The van der Waals surface area contributed by atoms with Gasteiger partial charge in [0.1, 0.15) is 11.2 Å². The van der Waals surface area contributed by atoms with Crippen molar-refractivity contribution in [2.75, 3.05) is 14.2 Å². The fourth-order valence-corrected chi connectivity index (χ4v) is 2.87. The van der Waals surface area contributed by atoms with Crippen LogP contribution in [0.1, 0.15) is 0 Å². The second kappa shape index (κ2) is 5.38. The fraction of sp³-hybridized carbons (Fsp3) is 0.125. The van der Waals surface area contributed by atoms with E-state index < -0.39 is 5.82 Å². The lowest BCUT2D eigenvalue weighted by Gasteiger charge is -2.06. The number of nitrogens with zero attached hydrogens (tertiary/aromatic N) is 2. The third-order valence-electron chi connectivity index (χ3n) is 3.84. The minimum absolute atomic E-state index is 0.0366. The average Bonchev–Trinajstić information content (AvgIpc) is 3.20. The summed E-state index contributed by atoms with van der Waals surface area (Å²) in [6.45, 7) is 0. The number of rotatable bonds is 3. The van der Waals surface area contributed by atoms with E-state index in [-0.39, 0.29) is 5.02 Å². The number of ether oxygens (including phenoxy) is 2. The molecule has 0 bridgehead atoms. The Balaban J connectivity index is 1.95. The predicted octanol–water partition coefficient (Wildman–Crippen LogP) is 3.92. The van der Waals surface area contributed by atoms with Crippen LogP contribution in [0, 0.1) is 5.82 Å². The van der Waals surface area contributed by atoms with Crippen LogP contribution in [-0.4, -0.2) is 34.2 Å². The van der Waals surface area contributed by atoms with E-state index in [0.29, 0.717) is 28.2 Å². The molecule has 0 amide bonds. The van der Waals surface area contributed by atoms with Gasteiger partial charge in [-0.2, -0.15) is 0 Å². The number of H-pyrrole nitrogens is 2. The highest BCUT2D eigenvalue weighted by atomic mass is 35.5. The summed E-state index contributed by atoms with van der Waals surface area (Å²) in [5.41, 5.74) is 3.49. The Morgan fingerprint density at radius 1 is 1.21 bits per heavy atom. The Morgan fingerprint density at radius 3 is 2.79 bits per heavy atom. The molecule has 6 nitrogen and oxygen atoms in total. The Morgan fingerprint density at radius 2 is 2.04 bits per heavy atom. The van der Waals surface area contributed by atoms with Gasteiger partial charge >= 0.3 is 0 Å². The molecule has 0 aliphatic rings. The summed E-state index contributed by atoms with van der Waals surface area (Å²) < 4.78 is 24.1. The first-order valence-corrected chi connectivity index (χ1v) is 7.43. The average molecular weight is 347 g/mol. The summed E-state index contributed by atoms with van der Waals surface area (Å²) in [6, 6.07) is 3.55. The van der Waals surface area contributed by atoms with E-state index in [1.807, 2.05) is 0 Å². The monoisotopic (exact) mass is 346 g/mol. The zero-order valence-corrected chi connectivity index (χ0v) is 13.5. The summed E-state index contributed by atoms with van der Waals surface area (Å²) in [4.78, 5) is 14.8. The molecule has 8 heteroatoms. The van der Waals surface area contributed by atoms with Crippen molar-refractivity contribution in [3.63, 3.8) is 0 Å². The molecule has 0 saturated carbocycles. The third-order valence-corrected chi connectivity index (χ3v) is 4.22. The first kappa shape index (κ1) is 14.8. The molecule has 0 atom stereocenters. The van der Waals surface area contributed by atoms with Crippen LogP contribution in [-0.2, 0) is 0 Å². The molecule has 0 aliphatic carbocycles. The van der Waals surface area contributed by atoms with Crippen molar-refractivity contribution in [2.45, 2.75) is 0 Å². The van der Waals surface area contributed by atoms with Crippen molar-refractivity contribution in [2.24, 2.45) is 0 Å². The van der Waals surface area contributed by atoms with Crippen LogP contribution in [0.4, 0.5) is 4.39 Å². The van der Waals surface area contributed by atoms with Crippen molar-refractivity contribution in [1.82, 2.24) is 19.9 Å². The lowest BCUT2D eigenvalue weighted by atomic mass is 10.2. The van der Waals surface area contributed by atoms with Gasteiger partial charge in [-0.05, 0) is 6.07 Å². The van der Waals surface area contributed by atoms with Crippen molar-refractivity contribution in [3.05, 3.63) is 35.4 Å². The number of aromatic amines is 2. The molecule has 0 radical (unpaired) electrons. The molecule has 0 unspecified atom stereocenters. The Hall–Kier alpha value is -2.80. The number of hydrogen-bond donors (Lipinski definition) is 2. The van der Waals surface area contributed by atoms with Gasteiger partial charge in [-0.1, -0.05) is 11.6 Å². The van der Waals surface area contributed by atoms with Gasteiger partial charge < -0.3 is 19.4 Å². The molecule has 4 aromatic heterocycles. The summed E-state index contributed by atoms with van der Waals surface area (Å²) in [5, 5.41) is 0.552. The fourth-order valence-electron chi connectivity index (χ4n) is 2.67. The Kier molecular flexibility index (Phi) is 3.31.